The normalized spacial score (nSPS) is 10.4. The maximum atomic E-state index is 13.3. The van der Waals surface area contributed by atoms with Gasteiger partial charge in [-0.3, -0.25) is 4.79 Å². The highest BCUT2D eigenvalue weighted by Gasteiger charge is 2.22. The molecule has 0 aliphatic heterocycles. The zero-order valence-electron chi connectivity index (χ0n) is 17.9. The van der Waals surface area contributed by atoms with Gasteiger partial charge >= 0.3 is 0 Å². The smallest absolute Gasteiger partial charge is 0.259 e. The van der Waals surface area contributed by atoms with Gasteiger partial charge in [0.25, 0.3) is 5.91 Å². The molecule has 1 amide bonds. The van der Waals surface area contributed by atoms with Crippen molar-refractivity contribution in [3.63, 3.8) is 0 Å². The highest BCUT2D eigenvalue weighted by atomic mass is 35.5. The predicted octanol–water partition coefficient (Wildman–Crippen LogP) is 5.33. The monoisotopic (exact) mass is 458 g/mol. The number of halogens is 1. The summed E-state index contributed by atoms with van der Waals surface area (Å²) in [7, 11) is 3.12. The standard InChI is InChI=1S/C25H19ClN4O3/c1-32-19-9-11-23(33-2)20(13-19)24-21(15-30(29-24)18-6-4-3-5-7-18)25(31)28-17-8-10-22(26)16(12-17)14-27/h3-13,15H,1-2H3,(H,28,31). The van der Waals surface area contributed by atoms with Crippen LogP contribution < -0.4 is 14.8 Å². The minimum absolute atomic E-state index is 0.268. The summed E-state index contributed by atoms with van der Waals surface area (Å²) in [5.74, 6) is 0.743. The van der Waals surface area contributed by atoms with Crippen LogP contribution in [0.15, 0.2) is 72.9 Å². The van der Waals surface area contributed by atoms with Gasteiger partial charge in [-0.05, 0) is 48.5 Å². The number of nitrogens with one attached hydrogen (secondary N) is 1. The van der Waals surface area contributed by atoms with Gasteiger partial charge in [-0.25, -0.2) is 4.68 Å². The lowest BCUT2D eigenvalue weighted by Gasteiger charge is -2.11. The molecule has 164 valence electrons. The van der Waals surface area contributed by atoms with Crippen molar-refractivity contribution in [2.24, 2.45) is 0 Å². The fourth-order valence-electron chi connectivity index (χ4n) is 3.34. The van der Waals surface area contributed by atoms with Crippen LogP contribution in [0.4, 0.5) is 5.69 Å². The molecule has 0 atom stereocenters. The number of para-hydroxylation sites is 1. The van der Waals surface area contributed by atoms with Crippen molar-refractivity contribution in [3.8, 4) is 34.5 Å². The lowest BCUT2D eigenvalue weighted by molar-refractivity contribution is 0.102. The Bertz CT molecular complexity index is 1360. The van der Waals surface area contributed by atoms with E-state index in [4.69, 9.17) is 26.2 Å². The van der Waals surface area contributed by atoms with Gasteiger partial charge in [0.1, 0.15) is 23.3 Å². The Hall–Kier alpha value is -4.28. The number of benzene rings is 3. The molecule has 0 bridgehead atoms. The maximum Gasteiger partial charge on any atom is 0.259 e. The van der Waals surface area contributed by atoms with E-state index in [1.165, 1.54) is 6.07 Å². The van der Waals surface area contributed by atoms with Crippen molar-refractivity contribution in [2.75, 3.05) is 19.5 Å². The summed E-state index contributed by atoms with van der Waals surface area (Å²) in [6, 6.07) is 21.5. The van der Waals surface area contributed by atoms with E-state index >= 15 is 0 Å². The summed E-state index contributed by atoms with van der Waals surface area (Å²) in [6.45, 7) is 0. The lowest BCUT2D eigenvalue weighted by atomic mass is 10.1. The third-order valence-corrected chi connectivity index (χ3v) is 5.32. The van der Waals surface area contributed by atoms with Crippen LogP contribution in [0, 0.1) is 11.3 Å². The van der Waals surface area contributed by atoms with Crippen LogP contribution in [0.1, 0.15) is 15.9 Å². The molecule has 4 aromatic rings. The first kappa shape index (κ1) is 21.9. The molecule has 8 heteroatoms. The fraction of sp³-hybridized carbons (Fsp3) is 0.0800. The zero-order chi connectivity index (χ0) is 23.4. The Morgan fingerprint density at radius 1 is 1.06 bits per heavy atom. The second-order valence-electron chi connectivity index (χ2n) is 7.00. The average Bonchev–Trinajstić information content (AvgIpc) is 3.31. The molecular weight excluding hydrogens is 440 g/mol. The molecule has 4 rings (SSSR count). The van der Waals surface area contributed by atoms with Gasteiger partial charge in [0.2, 0.25) is 0 Å². The highest BCUT2D eigenvalue weighted by molar-refractivity contribution is 6.31. The van der Waals surface area contributed by atoms with E-state index in [1.54, 1.807) is 55.4 Å². The van der Waals surface area contributed by atoms with E-state index in [0.717, 1.165) is 5.69 Å². The molecule has 7 nitrogen and oxygen atoms in total. The van der Waals surface area contributed by atoms with Crippen molar-refractivity contribution in [2.45, 2.75) is 0 Å². The van der Waals surface area contributed by atoms with Gasteiger partial charge in [-0.2, -0.15) is 10.4 Å². The summed E-state index contributed by atoms with van der Waals surface area (Å²) in [5, 5.41) is 17.1. The first-order valence-corrected chi connectivity index (χ1v) is 10.3. The number of amides is 1. The van der Waals surface area contributed by atoms with E-state index in [9.17, 15) is 10.1 Å². The topological polar surface area (TPSA) is 89.2 Å². The minimum Gasteiger partial charge on any atom is -0.497 e. The summed E-state index contributed by atoms with van der Waals surface area (Å²) in [6.07, 6.45) is 1.65. The van der Waals surface area contributed by atoms with Crippen molar-refractivity contribution in [1.82, 2.24) is 9.78 Å². The summed E-state index contributed by atoms with van der Waals surface area (Å²) in [5.41, 5.74) is 2.84. The Morgan fingerprint density at radius 3 is 2.55 bits per heavy atom. The summed E-state index contributed by atoms with van der Waals surface area (Å²) in [4.78, 5) is 13.3. The van der Waals surface area contributed by atoms with Gasteiger partial charge in [-0.1, -0.05) is 29.8 Å². The number of hydrogen-bond acceptors (Lipinski definition) is 5. The molecule has 3 aromatic carbocycles. The van der Waals surface area contributed by atoms with Gasteiger partial charge in [0.15, 0.2) is 0 Å². The molecular formula is C25H19ClN4O3. The Labute approximate surface area is 195 Å². The number of nitriles is 1. The number of methoxy groups -OCH3 is 2. The number of ether oxygens (including phenoxy) is 2. The number of carbonyl (C=O) groups excluding carboxylic acids is 1. The number of nitrogens with zero attached hydrogens (tertiary/aromatic N) is 3. The predicted molar refractivity (Wildman–Crippen MR) is 126 cm³/mol. The molecule has 1 aromatic heterocycles. The van der Waals surface area contributed by atoms with Crippen molar-refractivity contribution < 1.29 is 14.3 Å². The molecule has 33 heavy (non-hydrogen) atoms. The van der Waals surface area contributed by atoms with Crippen LogP contribution >= 0.6 is 11.6 Å². The Morgan fingerprint density at radius 2 is 1.85 bits per heavy atom. The van der Waals surface area contributed by atoms with E-state index in [0.29, 0.717) is 39.0 Å². The van der Waals surface area contributed by atoms with E-state index in [1.807, 2.05) is 36.4 Å². The van der Waals surface area contributed by atoms with Crippen molar-refractivity contribution in [3.05, 3.63) is 89.1 Å². The second kappa shape index (κ2) is 9.47. The number of carbonyl (C=O) groups is 1. The van der Waals surface area contributed by atoms with Crippen LogP contribution in [0.3, 0.4) is 0 Å². The third-order valence-electron chi connectivity index (χ3n) is 4.99. The van der Waals surface area contributed by atoms with Gasteiger partial charge in [0, 0.05) is 17.4 Å². The number of anilines is 1. The van der Waals surface area contributed by atoms with E-state index in [2.05, 4.69) is 5.32 Å². The Balaban J connectivity index is 1.83. The summed E-state index contributed by atoms with van der Waals surface area (Å²) >= 11 is 6.01. The molecule has 0 aliphatic rings. The molecule has 0 saturated carbocycles. The van der Waals surface area contributed by atoms with Gasteiger partial charge < -0.3 is 14.8 Å². The SMILES string of the molecule is COc1ccc(OC)c(-c2nn(-c3ccccc3)cc2C(=O)Nc2ccc(Cl)c(C#N)c2)c1. The highest BCUT2D eigenvalue weighted by Crippen LogP contribution is 2.35. The number of hydrogen-bond donors (Lipinski definition) is 1. The second-order valence-corrected chi connectivity index (χ2v) is 7.41. The summed E-state index contributed by atoms with van der Waals surface area (Å²) < 4.78 is 12.5. The lowest BCUT2D eigenvalue weighted by Crippen LogP contribution is -2.12. The first-order valence-electron chi connectivity index (χ1n) is 9.92. The molecule has 1 heterocycles. The molecule has 0 radical (unpaired) electrons. The quantitative estimate of drug-likeness (QED) is 0.421. The number of rotatable bonds is 6. The molecule has 0 aliphatic carbocycles. The van der Waals surface area contributed by atoms with Crippen LogP contribution in [-0.4, -0.2) is 29.9 Å². The van der Waals surface area contributed by atoms with Crippen LogP contribution in [0.5, 0.6) is 11.5 Å². The van der Waals surface area contributed by atoms with E-state index < -0.39 is 5.91 Å². The van der Waals surface area contributed by atoms with Crippen LogP contribution in [0.25, 0.3) is 16.9 Å². The minimum atomic E-state index is -0.400. The van der Waals surface area contributed by atoms with Crippen LogP contribution in [-0.2, 0) is 0 Å². The number of aromatic nitrogens is 2. The van der Waals surface area contributed by atoms with Crippen LogP contribution in [0.2, 0.25) is 5.02 Å². The van der Waals surface area contributed by atoms with E-state index in [-0.39, 0.29) is 5.56 Å². The van der Waals surface area contributed by atoms with Gasteiger partial charge in [0.05, 0.1) is 36.1 Å². The molecule has 0 spiro atoms. The zero-order valence-corrected chi connectivity index (χ0v) is 18.6. The fourth-order valence-corrected chi connectivity index (χ4v) is 3.50. The van der Waals surface area contributed by atoms with Crippen molar-refractivity contribution in [1.29, 1.82) is 5.26 Å². The molecule has 1 N–H and O–H groups in total. The largest absolute Gasteiger partial charge is 0.497 e. The van der Waals surface area contributed by atoms with Crippen molar-refractivity contribution >= 4 is 23.2 Å². The Kier molecular flexibility index (Phi) is 6.29. The average molecular weight is 459 g/mol. The molecule has 0 saturated heterocycles. The van der Waals surface area contributed by atoms with Gasteiger partial charge in [-0.15, -0.1) is 0 Å². The molecule has 0 unspecified atom stereocenters. The molecule has 0 fully saturated rings. The first-order chi connectivity index (χ1) is 16.0. The maximum absolute atomic E-state index is 13.3. The third kappa shape index (κ3) is 4.52.